The van der Waals surface area contributed by atoms with Crippen LogP contribution in [0.25, 0.3) is 0 Å². The van der Waals surface area contributed by atoms with Gasteiger partial charge in [0.1, 0.15) is 10.8 Å². The molecular formula is C14H17ClO4. The van der Waals surface area contributed by atoms with Crippen LogP contribution < -0.4 is 9.47 Å². The summed E-state index contributed by atoms with van der Waals surface area (Å²) in [6, 6.07) is 3.40. The van der Waals surface area contributed by atoms with Crippen molar-refractivity contribution in [1.29, 1.82) is 0 Å². The third-order valence-electron chi connectivity index (χ3n) is 3.34. The minimum atomic E-state index is -0.0212. The number of carbonyl (C=O) groups excluding carboxylic acids is 1. The number of benzene rings is 1. The fraction of sp³-hybridized carbons (Fsp3) is 0.500. The number of hydrogen-bond donors (Lipinski definition) is 0. The van der Waals surface area contributed by atoms with E-state index >= 15 is 0 Å². The summed E-state index contributed by atoms with van der Waals surface area (Å²) in [5.74, 6) is 0.927. The van der Waals surface area contributed by atoms with Crippen molar-refractivity contribution in [3.05, 3.63) is 22.7 Å². The number of Topliss-reactive ketones (excluding diaryl/α,β-unsaturated/α-hetero) is 1. The number of halogens is 1. The lowest BCUT2D eigenvalue weighted by molar-refractivity contribution is 0.0543. The number of ether oxygens (including phenoxy) is 3. The lowest BCUT2D eigenvalue weighted by atomic mass is 9.90. The van der Waals surface area contributed by atoms with Crippen molar-refractivity contribution in [2.75, 3.05) is 27.4 Å². The Morgan fingerprint density at radius 2 is 1.95 bits per heavy atom. The van der Waals surface area contributed by atoms with E-state index in [0.717, 1.165) is 12.8 Å². The SMILES string of the molecule is COc1ccc(C(=O)C2CCOCC2)c(OC)c1Cl. The summed E-state index contributed by atoms with van der Waals surface area (Å²) in [6.45, 7) is 1.26. The maximum Gasteiger partial charge on any atom is 0.169 e. The van der Waals surface area contributed by atoms with Crippen molar-refractivity contribution in [3.8, 4) is 11.5 Å². The van der Waals surface area contributed by atoms with Crippen LogP contribution in [0.15, 0.2) is 12.1 Å². The molecule has 0 bridgehead atoms. The average molecular weight is 285 g/mol. The van der Waals surface area contributed by atoms with Gasteiger partial charge in [0.05, 0.1) is 19.8 Å². The maximum absolute atomic E-state index is 12.5. The predicted molar refractivity (Wildman–Crippen MR) is 72.4 cm³/mol. The van der Waals surface area contributed by atoms with Gasteiger partial charge in [-0.15, -0.1) is 0 Å². The Morgan fingerprint density at radius 3 is 2.53 bits per heavy atom. The van der Waals surface area contributed by atoms with E-state index in [4.69, 9.17) is 25.8 Å². The molecule has 0 saturated carbocycles. The monoisotopic (exact) mass is 284 g/mol. The Labute approximate surface area is 117 Å². The molecule has 1 aliphatic heterocycles. The minimum absolute atomic E-state index is 0.0212. The van der Waals surface area contributed by atoms with Crippen molar-refractivity contribution >= 4 is 17.4 Å². The van der Waals surface area contributed by atoms with E-state index in [1.807, 2.05) is 0 Å². The van der Waals surface area contributed by atoms with Gasteiger partial charge in [-0.2, -0.15) is 0 Å². The van der Waals surface area contributed by atoms with Gasteiger partial charge in [-0.05, 0) is 25.0 Å². The van der Waals surface area contributed by atoms with Crippen LogP contribution in [0, 0.1) is 5.92 Å². The molecule has 0 aliphatic carbocycles. The van der Waals surface area contributed by atoms with Crippen LogP contribution >= 0.6 is 11.6 Å². The summed E-state index contributed by atoms with van der Waals surface area (Å²) in [4.78, 5) is 12.5. The van der Waals surface area contributed by atoms with Crippen molar-refractivity contribution in [2.24, 2.45) is 5.92 Å². The van der Waals surface area contributed by atoms with E-state index in [1.165, 1.54) is 14.2 Å². The first-order valence-corrected chi connectivity index (χ1v) is 6.59. The van der Waals surface area contributed by atoms with Gasteiger partial charge in [-0.25, -0.2) is 0 Å². The normalized spacial score (nSPS) is 16.2. The fourth-order valence-corrected chi connectivity index (χ4v) is 2.59. The molecule has 1 aromatic rings. The van der Waals surface area contributed by atoms with Crippen molar-refractivity contribution in [3.63, 3.8) is 0 Å². The Hall–Kier alpha value is -1.26. The number of rotatable bonds is 4. The highest BCUT2D eigenvalue weighted by atomic mass is 35.5. The molecule has 1 fully saturated rings. The van der Waals surface area contributed by atoms with Crippen LogP contribution in [0.3, 0.4) is 0 Å². The van der Waals surface area contributed by atoms with Crippen molar-refractivity contribution < 1.29 is 19.0 Å². The van der Waals surface area contributed by atoms with Gasteiger partial charge in [0.25, 0.3) is 0 Å². The molecule has 1 heterocycles. The van der Waals surface area contributed by atoms with Gasteiger partial charge in [0.2, 0.25) is 0 Å². The van der Waals surface area contributed by atoms with E-state index in [0.29, 0.717) is 35.3 Å². The summed E-state index contributed by atoms with van der Waals surface area (Å²) < 4.78 is 15.7. The quantitative estimate of drug-likeness (QED) is 0.798. The molecule has 0 radical (unpaired) electrons. The predicted octanol–water partition coefficient (Wildman–Crippen LogP) is 2.97. The van der Waals surface area contributed by atoms with Crippen molar-refractivity contribution in [2.45, 2.75) is 12.8 Å². The molecule has 4 nitrogen and oxygen atoms in total. The number of ketones is 1. The number of carbonyl (C=O) groups is 1. The van der Waals surface area contributed by atoms with E-state index in [2.05, 4.69) is 0 Å². The molecule has 0 unspecified atom stereocenters. The maximum atomic E-state index is 12.5. The summed E-state index contributed by atoms with van der Waals surface area (Å²) in [5.41, 5.74) is 0.514. The summed E-state index contributed by atoms with van der Waals surface area (Å²) in [7, 11) is 3.03. The molecule has 1 aliphatic rings. The molecule has 0 spiro atoms. The Morgan fingerprint density at radius 1 is 1.26 bits per heavy atom. The molecular weight excluding hydrogens is 268 g/mol. The van der Waals surface area contributed by atoms with Gasteiger partial charge in [-0.1, -0.05) is 11.6 Å². The highest BCUT2D eigenvalue weighted by Gasteiger charge is 2.27. The zero-order valence-electron chi connectivity index (χ0n) is 11.1. The standard InChI is InChI=1S/C14H17ClO4/c1-17-11-4-3-10(14(18-2)12(11)15)13(16)9-5-7-19-8-6-9/h3-4,9H,5-8H2,1-2H3. The summed E-state index contributed by atoms with van der Waals surface area (Å²) in [6.07, 6.45) is 1.48. The third-order valence-corrected chi connectivity index (χ3v) is 3.70. The Balaban J connectivity index is 2.33. The molecule has 1 saturated heterocycles. The second-order valence-electron chi connectivity index (χ2n) is 4.41. The Bertz CT molecular complexity index is 467. The smallest absolute Gasteiger partial charge is 0.169 e. The average Bonchev–Trinajstić information content (AvgIpc) is 2.47. The largest absolute Gasteiger partial charge is 0.495 e. The number of hydrogen-bond acceptors (Lipinski definition) is 4. The first-order valence-electron chi connectivity index (χ1n) is 6.21. The van der Waals surface area contributed by atoms with Crippen LogP contribution in [0.4, 0.5) is 0 Å². The van der Waals surface area contributed by atoms with E-state index in [-0.39, 0.29) is 11.7 Å². The van der Waals surface area contributed by atoms with Gasteiger partial charge >= 0.3 is 0 Å². The number of methoxy groups -OCH3 is 2. The molecule has 0 aromatic heterocycles. The zero-order chi connectivity index (χ0) is 13.8. The highest BCUT2D eigenvalue weighted by Crippen LogP contribution is 2.38. The van der Waals surface area contributed by atoms with Crippen molar-refractivity contribution in [1.82, 2.24) is 0 Å². The van der Waals surface area contributed by atoms with E-state index in [1.54, 1.807) is 12.1 Å². The lowest BCUT2D eigenvalue weighted by Crippen LogP contribution is -2.24. The molecule has 0 N–H and O–H groups in total. The van der Waals surface area contributed by atoms with Crippen LogP contribution in [0.5, 0.6) is 11.5 Å². The first kappa shape index (κ1) is 14.2. The minimum Gasteiger partial charge on any atom is -0.495 e. The lowest BCUT2D eigenvalue weighted by Gasteiger charge is -2.22. The van der Waals surface area contributed by atoms with Gasteiger partial charge in [0, 0.05) is 19.1 Å². The first-order chi connectivity index (χ1) is 9.19. The summed E-state index contributed by atoms with van der Waals surface area (Å²) in [5, 5.41) is 0.336. The van der Waals surface area contributed by atoms with Gasteiger partial charge < -0.3 is 14.2 Å². The fourth-order valence-electron chi connectivity index (χ4n) is 2.27. The molecule has 2 rings (SSSR count). The third kappa shape index (κ3) is 2.85. The van der Waals surface area contributed by atoms with Crippen LogP contribution in [-0.4, -0.2) is 33.2 Å². The van der Waals surface area contributed by atoms with Gasteiger partial charge in [0.15, 0.2) is 11.5 Å². The second-order valence-corrected chi connectivity index (χ2v) is 4.79. The van der Waals surface area contributed by atoms with Crippen LogP contribution in [-0.2, 0) is 4.74 Å². The molecule has 19 heavy (non-hydrogen) atoms. The molecule has 0 atom stereocenters. The Kier molecular flexibility index (Phi) is 4.66. The van der Waals surface area contributed by atoms with E-state index < -0.39 is 0 Å². The molecule has 1 aromatic carbocycles. The second kappa shape index (κ2) is 6.26. The van der Waals surface area contributed by atoms with Crippen LogP contribution in [0.2, 0.25) is 5.02 Å². The summed E-state index contributed by atoms with van der Waals surface area (Å²) >= 11 is 6.17. The molecule has 104 valence electrons. The zero-order valence-corrected chi connectivity index (χ0v) is 11.8. The van der Waals surface area contributed by atoms with E-state index in [9.17, 15) is 4.79 Å². The molecule has 0 amide bonds. The molecule has 5 heteroatoms. The van der Waals surface area contributed by atoms with Gasteiger partial charge in [-0.3, -0.25) is 4.79 Å². The highest BCUT2D eigenvalue weighted by molar-refractivity contribution is 6.34. The topological polar surface area (TPSA) is 44.8 Å². The van der Waals surface area contributed by atoms with Crippen LogP contribution in [0.1, 0.15) is 23.2 Å².